The van der Waals surface area contributed by atoms with Crippen LogP contribution in [0.1, 0.15) is 28.4 Å². The molecule has 5 heteroatoms. The maximum atomic E-state index is 11.4. The first kappa shape index (κ1) is 12.4. The number of pyridine rings is 1. The minimum absolute atomic E-state index is 0.168. The predicted octanol–water partition coefficient (Wildman–Crippen LogP) is 3.09. The highest BCUT2D eigenvalue weighted by molar-refractivity contribution is 6.36. The van der Waals surface area contributed by atoms with Gasteiger partial charge in [-0.25, -0.2) is 4.79 Å². The number of ether oxygens (including phenoxy) is 1. The topological polar surface area (TPSA) is 59.4 Å². The number of rotatable bonds is 2. The van der Waals surface area contributed by atoms with Crippen molar-refractivity contribution >= 4 is 28.5 Å². The van der Waals surface area contributed by atoms with Gasteiger partial charge < -0.3 is 9.84 Å². The molecule has 19 heavy (non-hydrogen) atoms. The van der Waals surface area contributed by atoms with E-state index in [2.05, 4.69) is 4.98 Å². The summed E-state index contributed by atoms with van der Waals surface area (Å²) in [5, 5.41) is 10.3. The molecule has 1 aliphatic rings. The van der Waals surface area contributed by atoms with E-state index in [0.717, 1.165) is 12.1 Å². The molecule has 4 nitrogen and oxygen atoms in total. The van der Waals surface area contributed by atoms with Gasteiger partial charge >= 0.3 is 5.97 Å². The average molecular weight is 278 g/mol. The van der Waals surface area contributed by atoms with Crippen LogP contribution in [-0.2, 0) is 4.74 Å². The fourth-order valence-electron chi connectivity index (χ4n) is 2.41. The molecule has 2 heterocycles. The summed E-state index contributed by atoms with van der Waals surface area (Å²) in [5.41, 5.74) is 1.59. The highest BCUT2D eigenvalue weighted by Crippen LogP contribution is 2.31. The Labute approximate surface area is 115 Å². The fraction of sp³-hybridized carbons (Fsp3) is 0.286. The summed E-state index contributed by atoms with van der Waals surface area (Å²) in [6, 6.07) is 6.86. The molecule has 0 bridgehead atoms. The minimum Gasteiger partial charge on any atom is -0.478 e. The first-order valence-electron chi connectivity index (χ1n) is 6.07. The van der Waals surface area contributed by atoms with E-state index in [1.54, 1.807) is 24.3 Å². The molecular formula is C14H12ClNO3. The molecule has 0 spiro atoms. The second kappa shape index (κ2) is 4.79. The summed E-state index contributed by atoms with van der Waals surface area (Å²) in [6.45, 7) is 1.29. The summed E-state index contributed by atoms with van der Waals surface area (Å²) >= 11 is 6.09. The number of fused-ring (bicyclic) bond motifs is 1. The van der Waals surface area contributed by atoms with Crippen LogP contribution in [0.5, 0.6) is 0 Å². The Kier molecular flexibility index (Phi) is 3.12. The Morgan fingerprint density at radius 2 is 2.32 bits per heavy atom. The van der Waals surface area contributed by atoms with Crippen LogP contribution < -0.4 is 0 Å². The number of hydrogen-bond acceptors (Lipinski definition) is 3. The summed E-state index contributed by atoms with van der Waals surface area (Å²) in [4.78, 5) is 15.9. The van der Waals surface area contributed by atoms with Gasteiger partial charge in [0.25, 0.3) is 0 Å². The third-order valence-electron chi connectivity index (χ3n) is 3.38. The lowest BCUT2D eigenvalue weighted by molar-refractivity contribution is 0.0698. The van der Waals surface area contributed by atoms with Crippen molar-refractivity contribution in [2.45, 2.75) is 12.3 Å². The summed E-state index contributed by atoms with van der Waals surface area (Å²) in [7, 11) is 0. The standard InChI is InChI=1S/C14H12ClNO3/c15-10-2-1-3-11-13(10)9(14(17)18)6-12(16-11)8-4-5-19-7-8/h1-3,6,8H,4-5,7H2,(H,17,18). The Morgan fingerprint density at radius 3 is 3.00 bits per heavy atom. The van der Waals surface area contributed by atoms with Gasteiger partial charge in [0.1, 0.15) is 0 Å². The molecule has 1 aliphatic heterocycles. The lowest BCUT2D eigenvalue weighted by Crippen LogP contribution is -2.06. The molecule has 1 aromatic heterocycles. The number of nitrogens with zero attached hydrogens (tertiary/aromatic N) is 1. The molecule has 1 fully saturated rings. The SMILES string of the molecule is O=C(O)c1cc(C2CCOC2)nc2cccc(Cl)c12. The van der Waals surface area contributed by atoms with Crippen molar-refractivity contribution in [1.29, 1.82) is 0 Å². The van der Waals surface area contributed by atoms with Crippen LogP contribution in [0.25, 0.3) is 10.9 Å². The highest BCUT2D eigenvalue weighted by atomic mass is 35.5. The van der Waals surface area contributed by atoms with Gasteiger partial charge in [-0.05, 0) is 24.6 Å². The van der Waals surface area contributed by atoms with Crippen LogP contribution in [0, 0.1) is 0 Å². The molecule has 0 amide bonds. The van der Waals surface area contributed by atoms with Gasteiger partial charge in [-0.1, -0.05) is 17.7 Å². The molecule has 1 aromatic carbocycles. The third-order valence-corrected chi connectivity index (χ3v) is 3.70. The number of hydrogen-bond donors (Lipinski definition) is 1. The molecule has 1 unspecified atom stereocenters. The number of carbonyl (C=O) groups is 1. The number of carboxylic acids is 1. The second-order valence-corrected chi connectivity index (χ2v) is 5.00. The largest absolute Gasteiger partial charge is 0.478 e. The Hall–Kier alpha value is -1.65. The lowest BCUT2D eigenvalue weighted by Gasteiger charge is -2.11. The Bertz CT molecular complexity index is 650. The first-order valence-corrected chi connectivity index (χ1v) is 6.45. The van der Waals surface area contributed by atoms with Gasteiger partial charge in [0.05, 0.1) is 22.7 Å². The highest BCUT2D eigenvalue weighted by Gasteiger charge is 2.22. The molecule has 3 rings (SSSR count). The second-order valence-electron chi connectivity index (χ2n) is 4.59. The number of halogens is 1. The van der Waals surface area contributed by atoms with Gasteiger partial charge in [0.2, 0.25) is 0 Å². The third kappa shape index (κ3) is 2.17. The van der Waals surface area contributed by atoms with Crippen molar-refractivity contribution in [2.75, 3.05) is 13.2 Å². The van der Waals surface area contributed by atoms with Crippen molar-refractivity contribution in [3.05, 3.63) is 40.5 Å². The smallest absolute Gasteiger partial charge is 0.336 e. The summed E-state index contributed by atoms with van der Waals surface area (Å²) < 4.78 is 5.33. The van der Waals surface area contributed by atoms with E-state index in [9.17, 15) is 9.90 Å². The molecule has 0 saturated carbocycles. The predicted molar refractivity (Wildman–Crippen MR) is 71.9 cm³/mol. The normalized spacial score (nSPS) is 18.9. The Balaban J connectivity index is 2.24. The lowest BCUT2D eigenvalue weighted by atomic mass is 10.00. The molecule has 1 atom stereocenters. The van der Waals surface area contributed by atoms with Crippen molar-refractivity contribution in [3.63, 3.8) is 0 Å². The zero-order chi connectivity index (χ0) is 13.4. The van der Waals surface area contributed by atoms with Crippen molar-refractivity contribution in [2.24, 2.45) is 0 Å². The molecule has 1 N–H and O–H groups in total. The number of benzene rings is 1. The van der Waals surface area contributed by atoms with Crippen LogP contribution in [0.4, 0.5) is 0 Å². The maximum Gasteiger partial charge on any atom is 0.336 e. The fourth-order valence-corrected chi connectivity index (χ4v) is 2.68. The molecule has 0 radical (unpaired) electrons. The summed E-state index contributed by atoms with van der Waals surface area (Å²) in [6.07, 6.45) is 0.873. The zero-order valence-corrected chi connectivity index (χ0v) is 10.9. The zero-order valence-electron chi connectivity index (χ0n) is 10.1. The van der Waals surface area contributed by atoms with Gasteiger partial charge in [0, 0.05) is 23.6 Å². The summed E-state index contributed by atoms with van der Waals surface area (Å²) in [5.74, 6) is -0.817. The van der Waals surface area contributed by atoms with Crippen molar-refractivity contribution in [1.82, 2.24) is 4.98 Å². The van der Waals surface area contributed by atoms with E-state index in [-0.39, 0.29) is 11.5 Å². The van der Waals surface area contributed by atoms with Crippen LogP contribution >= 0.6 is 11.6 Å². The van der Waals surface area contributed by atoms with Crippen LogP contribution in [0.15, 0.2) is 24.3 Å². The van der Waals surface area contributed by atoms with Gasteiger partial charge in [-0.15, -0.1) is 0 Å². The van der Waals surface area contributed by atoms with Crippen LogP contribution in [-0.4, -0.2) is 29.3 Å². The van der Waals surface area contributed by atoms with Gasteiger partial charge in [0.15, 0.2) is 0 Å². The number of aromatic carboxylic acids is 1. The molecular weight excluding hydrogens is 266 g/mol. The molecule has 1 saturated heterocycles. The minimum atomic E-state index is -0.985. The maximum absolute atomic E-state index is 11.4. The average Bonchev–Trinajstić information content (AvgIpc) is 2.91. The molecule has 0 aliphatic carbocycles. The van der Waals surface area contributed by atoms with Crippen LogP contribution in [0.2, 0.25) is 5.02 Å². The van der Waals surface area contributed by atoms with E-state index in [0.29, 0.717) is 29.1 Å². The molecule has 98 valence electrons. The van der Waals surface area contributed by atoms with E-state index < -0.39 is 5.97 Å². The number of carboxylic acid groups (broad SMARTS) is 1. The Morgan fingerprint density at radius 1 is 1.47 bits per heavy atom. The monoisotopic (exact) mass is 277 g/mol. The van der Waals surface area contributed by atoms with E-state index in [4.69, 9.17) is 16.3 Å². The van der Waals surface area contributed by atoms with Crippen molar-refractivity contribution in [3.8, 4) is 0 Å². The molecule has 2 aromatic rings. The van der Waals surface area contributed by atoms with E-state index in [1.165, 1.54) is 0 Å². The van der Waals surface area contributed by atoms with Gasteiger partial charge in [-0.2, -0.15) is 0 Å². The van der Waals surface area contributed by atoms with Crippen molar-refractivity contribution < 1.29 is 14.6 Å². The number of aromatic nitrogens is 1. The van der Waals surface area contributed by atoms with E-state index in [1.807, 2.05) is 0 Å². The first-order chi connectivity index (χ1) is 9.16. The van der Waals surface area contributed by atoms with Gasteiger partial charge in [-0.3, -0.25) is 4.98 Å². The van der Waals surface area contributed by atoms with Crippen LogP contribution in [0.3, 0.4) is 0 Å². The van der Waals surface area contributed by atoms with E-state index >= 15 is 0 Å². The quantitative estimate of drug-likeness (QED) is 0.916.